The summed E-state index contributed by atoms with van der Waals surface area (Å²) in [5.74, 6) is -0.319. The van der Waals surface area contributed by atoms with Crippen molar-refractivity contribution in [2.75, 3.05) is 13.7 Å². The lowest BCUT2D eigenvalue weighted by molar-refractivity contribution is 0.0599. The SMILES string of the molecule is CCC(O)CCNCc1ccccc1C(=O)OC. The van der Waals surface area contributed by atoms with Crippen LogP contribution in [0.5, 0.6) is 0 Å². The van der Waals surface area contributed by atoms with E-state index in [4.69, 9.17) is 4.74 Å². The van der Waals surface area contributed by atoms with Gasteiger partial charge in [-0.1, -0.05) is 25.1 Å². The van der Waals surface area contributed by atoms with E-state index in [0.29, 0.717) is 12.1 Å². The molecular weight excluding hydrogens is 230 g/mol. The molecule has 0 saturated heterocycles. The first-order chi connectivity index (χ1) is 8.69. The zero-order chi connectivity index (χ0) is 13.4. The molecule has 0 heterocycles. The summed E-state index contributed by atoms with van der Waals surface area (Å²) in [5.41, 5.74) is 1.50. The highest BCUT2D eigenvalue weighted by molar-refractivity contribution is 5.90. The van der Waals surface area contributed by atoms with Crippen LogP contribution in [0.2, 0.25) is 0 Å². The Morgan fingerprint density at radius 1 is 1.44 bits per heavy atom. The van der Waals surface area contributed by atoms with Crippen molar-refractivity contribution >= 4 is 5.97 Å². The van der Waals surface area contributed by atoms with Gasteiger partial charge in [0.1, 0.15) is 0 Å². The topological polar surface area (TPSA) is 58.6 Å². The van der Waals surface area contributed by atoms with Crippen LogP contribution in [0.25, 0.3) is 0 Å². The van der Waals surface area contributed by atoms with Gasteiger partial charge in [0.05, 0.1) is 18.8 Å². The van der Waals surface area contributed by atoms with Gasteiger partial charge in [-0.25, -0.2) is 4.79 Å². The van der Waals surface area contributed by atoms with Gasteiger partial charge in [0.2, 0.25) is 0 Å². The number of aliphatic hydroxyl groups excluding tert-OH is 1. The molecule has 1 aromatic rings. The number of methoxy groups -OCH3 is 1. The molecule has 0 saturated carbocycles. The maximum atomic E-state index is 11.5. The lowest BCUT2D eigenvalue weighted by Gasteiger charge is -2.11. The fourth-order valence-electron chi connectivity index (χ4n) is 1.68. The number of esters is 1. The molecule has 18 heavy (non-hydrogen) atoms. The molecule has 1 unspecified atom stereocenters. The van der Waals surface area contributed by atoms with Crippen molar-refractivity contribution in [1.29, 1.82) is 0 Å². The van der Waals surface area contributed by atoms with Crippen LogP contribution in [0.4, 0.5) is 0 Å². The van der Waals surface area contributed by atoms with Gasteiger partial charge >= 0.3 is 5.97 Å². The second-order valence-corrected chi connectivity index (χ2v) is 4.18. The Balaban J connectivity index is 2.49. The number of benzene rings is 1. The maximum Gasteiger partial charge on any atom is 0.338 e. The Morgan fingerprint density at radius 3 is 2.83 bits per heavy atom. The summed E-state index contributed by atoms with van der Waals surface area (Å²) in [4.78, 5) is 11.5. The van der Waals surface area contributed by atoms with Crippen molar-refractivity contribution in [2.24, 2.45) is 0 Å². The van der Waals surface area contributed by atoms with Gasteiger partial charge in [-0.15, -0.1) is 0 Å². The van der Waals surface area contributed by atoms with Crippen LogP contribution >= 0.6 is 0 Å². The Labute approximate surface area is 108 Å². The predicted molar refractivity (Wildman–Crippen MR) is 70.4 cm³/mol. The summed E-state index contributed by atoms with van der Waals surface area (Å²) in [6.45, 7) is 3.28. The second-order valence-electron chi connectivity index (χ2n) is 4.18. The van der Waals surface area contributed by atoms with E-state index in [-0.39, 0.29) is 12.1 Å². The fraction of sp³-hybridized carbons (Fsp3) is 0.500. The van der Waals surface area contributed by atoms with Gasteiger partial charge in [0, 0.05) is 6.54 Å². The van der Waals surface area contributed by atoms with Crippen LogP contribution in [0, 0.1) is 0 Å². The van der Waals surface area contributed by atoms with Crippen molar-refractivity contribution in [3.63, 3.8) is 0 Å². The van der Waals surface area contributed by atoms with Crippen LogP contribution < -0.4 is 5.32 Å². The van der Waals surface area contributed by atoms with E-state index in [1.807, 2.05) is 25.1 Å². The van der Waals surface area contributed by atoms with Gasteiger partial charge in [0.15, 0.2) is 0 Å². The summed E-state index contributed by atoms with van der Waals surface area (Å²) in [6.07, 6.45) is 1.23. The number of aliphatic hydroxyl groups is 1. The molecular formula is C14H21NO3. The molecule has 4 heteroatoms. The Hall–Kier alpha value is -1.39. The van der Waals surface area contributed by atoms with E-state index >= 15 is 0 Å². The Bertz CT molecular complexity index is 379. The number of hydrogen-bond donors (Lipinski definition) is 2. The van der Waals surface area contributed by atoms with Crippen molar-refractivity contribution in [3.8, 4) is 0 Å². The molecule has 1 rings (SSSR count). The smallest absolute Gasteiger partial charge is 0.338 e. The number of nitrogens with one attached hydrogen (secondary N) is 1. The number of carbonyl (C=O) groups is 1. The van der Waals surface area contributed by atoms with Crippen LogP contribution in [-0.4, -0.2) is 30.8 Å². The summed E-state index contributed by atoms with van der Waals surface area (Å²) >= 11 is 0. The molecule has 0 radical (unpaired) electrons. The lowest BCUT2D eigenvalue weighted by Crippen LogP contribution is -2.21. The maximum absolute atomic E-state index is 11.5. The minimum absolute atomic E-state index is 0.256. The van der Waals surface area contributed by atoms with Crippen LogP contribution in [0.3, 0.4) is 0 Å². The average molecular weight is 251 g/mol. The molecule has 0 aliphatic carbocycles. The quantitative estimate of drug-likeness (QED) is 0.572. The Morgan fingerprint density at radius 2 is 2.17 bits per heavy atom. The zero-order valence-corrected chi connectivity index (χ0v) is 11.0. The van der Waals surface area contributed by atoms with E-state index in [9.17, 15) is 9.90 Å². The van der Waals surface area contributed by atoms with Crippen molar-refractivity contribution < 1.29 is 14.6 Å². The highest BCUT2D eigenvalue weighted by Gasteiger charge is 2.10. The highest BCUT2D eigenvalue weighted by Crippen LogP contribution is 2.09. The van der Waals surface area contributed by atoms with Crippen LogP contribution in [-0.2, 0) is 11.3 Å². The number of rotatable bonds is 7. The Kier molecular flexibility index (Phi) is 6.39. The minimum atomic E-state index is -0.319. The first-order valence-corrected chi connectivity index (χ1v) is 6.24. The molecule has 1 aromatic carbocycles. The molecule has 0 aliphatic rings. The number of carbonyl (C=O) groups excluding carboxylic acids is 1. The van der Waals surface area contributed by atoms with Gasteiger partial charge in [-0.3, -0.25) is 0 Å². The van der Waals surface area contributed by atoms with E-state index in [1.54, 1.807) is 6.07 Å². The van der Waals surface area contributed by atoms with Gasteiger partial charge < -0.3 is 15.2 Å². The molecule has 2 N–H and O–H groups in total. The first kappa shape index (κ1) is 14.7. The fourth-order valence-corrected chi connectivity index (χ4v) is 1.68. The minimum Gasteiger partial charge on any atom is -0.465 e. The monoisotopic (exact) mass is 251 g/mol. The van der Waals surface area contributed by atoms with Crippen molar-refractivity contribution in [3.05, 3.63) is 35.4 Å². The molecule has 0 bridgehead atoms. The molecule has 4 nitrogen and oxygen atoms in total. The standard InChI is InChI=1S/C14H21NO3/c1-3-12(16)8-9-15-10-11-6-4-5-7-13(11)14(17)18-2/h4-7,12,15-16H,3,8-10H2,1-2H3. The number of ether oxygens (including phenoxy) is 1. The van der Waals surface area contributed by atoms with E-state index < -0.39 is 0 Å². The van der Waals surface area contributed by atoms with E-state index in [0.717, 1.165) is 24.9 Å². The normalized spacial score (nSPS) is 12.2. The highest BCUT2D eigenvalue weighted by atomic mass is 16.5. The predicted octanol–water partition coefficient (Wildman–Crippen LogP) is 1.72. The second kappa shape index (κ2) is 7.84. The van der Waals surface area contributed by atoms with Gasteiger partial charge in [-0.2, -0.15) is 0 Å². The average Bonchev–Trinajstić information content (AvgIpc) is 2.42. The van der Waals surface area contributed by atoms with Crippen molar-refractivity contribution in [2.45, 2.75) is 32.4 Å². The third kappa shape index (κ3) is 4.47. The molecule has 0 aliphatic heterocycles. The zero-order valence-electron chi connectivity index (χ0n) is 11.0. The molecule has 0 aromatic heterocycles. The van der Waals surface area contributed by atoms with E-state index in [2.05, 4.69) is 5.32 Å². The number of hydrogen-bond acceptors (Lipinski definition) is 4. The first-order valence-electron chi connectivity index (χ1n) is 6.24. The van der Waals surface area contributed by atoms with Crippen molar-refractivity contribution in [1.82, 2.24) is 5.32 Å². The lowest BCUT2D eigenvalue weighted by atomic mass is 10.1. The third-order valence-electron chi connectivity index (χ3n) is 2.86. The van der Waals surface area contributed by atoms with Gasteiger partial charge in [0.25, 0.3) is 0 Å². The largest absolute Gasteiger partial charge is 0.465 e. The van der Waals surface area contributed by atoms with E-state index in [1.165, 1.54) is 7.11 Å². The molecule has 0 fully saturated rings. The summed E-state index contributed by atoms with van der Waals surface area (Å²) in [5, 5.41) is 12.6. The molecule has 1 atom stereocenters. The van der Waals surface area contributed by atoms with Crippen LogP contribution in [0.15, 0.2) is 24.3 Å². The molecule has 0 amide bonds. The summed E-state index contributed by atoms with van der Waals surface area (Å²) in [7, 11) is 1.38. The summed E-state index contributed by atoms with van der Waals surface area (Å²) < 4.78 is 4.73. The third-order valence-corrected chi connectivity index (χ3v) is 2.86. The van der Waals surface area contributed by atoms with Crippen LogP contribution in [0.1, 0.15) is 35.7 Å². The summed E-state index contributed by atoms with van der Waals surface area (Å²) in [6, 6.07) is 7.36. The molecule has 0 spiro atoms. The van der Waals surface area contributed by atoms with Gasteiger partial charge in [-0.05, 0) is 31.0 Å². The molecule has 100 valence electrons.